The van der Waals surface area contributed by atoms with Gasteiger partial charge in [0.25, 0.3) is 0 Å². The predicted molar refractivity (Wildman–Crippen MR) is 79.2 cm³/mol. The molecule has 1 aromatic rings. The summed E-state index contributed by atoms with van der Waals surface area (Å²) in [6.07, 6.45) is 2.39. The lowest BCUT2D eigenvalue weighted by atomic mass is 10.2. The van der Waals surface area contributed by atoms with Crippen LogP contribution in [0.3, 0.4) is 0 Å². The summed E-state index contributed by atoms with van der Waals surface area (Å²) in [5.41, 5.74) is 1.26. The van der Waals surface area contributed by atoms with Gasteiger partial charge in [-0.05, 0) is 25.3 Å². The molecule has 0 unspecified atom stereocenters. The van der Waals surface area contributed by atoms with Crippen LogP contribution in [0.1, 0.15) is 25.3 Å². The van der Waals surface area contributed by atoms with E-state index in [-0.39, 0.29) is 17.3 Å². The number of carbonyl (C=O) groups excluding carboxylic acids is 1. The van der Waals surface area contributed by atoms with Crippen LogP contribution in [0.15, 0.2) is 30.3 Å². The Hall–Kier alpha value is -1.00. The van der Waals surface area contributed by atoms with E-state index in [2.05, 4.69) is 17.4 Å². The number of amides is 1. The average molecular weight is 279 g/mol. The molecule has 1 amide bonds. The highest BCUT2D eigenvalue weighted by Gasteiger charge is 2.18. The van der Waals surface area contributed by atoms with E-state index < -0.39 is 0 Å². The van der Waals surface area contributed by atoms with Gasteiger partial charge in [-0.25, -0.2) is 0 Å². The van der Waals surface area contributed by atoms with Crippen LogP contribution in [0.4, 0.5) is 0 Å². The Morgan fingerprint density at radius 2 is 2.26 bits per heavy atom. The molecule has 0 radical (unpaired) electrons. The number of hydrogen-bond acceptors (Lipinski definition) is 3. The van der Waals surface area contributed by atoms with Gasteiger partial charge in [-0.3, -0.25) is 4.79 Å². The number of carbonyl (C=O) groups is 1. The predicted octanol–water partition coefficient (Wildman–Crippen LogP) is 2.60. The number of thioether (sulfide) groups is 1. The third kappa shape index (κ3) is 4.88. The van der Waals surface area contributed by atoms with Crippen molar-refractivity contribution in [2.75, 3.05) is 13.2 Å². The summed E-state index contributed by atoms with van der Waals surface area (Å²) in [6, 6.07) is 10.2. The first-order chi connectivity index (χ1) is 9.25. The van der Waals surface area contributed by atoms with Crippen molar-refractivity contribution >= 4 is 17.7 Å². The highest BCUT2D eigenvalue weighted by molar-refractivity contribution is 7.99. The molecule has 1 fully saturated rings. The van der Waals surface area contributed by atoms with Crippen LogP contribution in [-0.4, -0.2) is 30.4 Å². The maximum Gasteiger partial charge on any atom is 0.232 e. The van der Waals surface area contributed by atoms with Crippen molar-refractivity contribution in [1.29, 1.82) is 0 Å². The van der Waals surface area contributed by atoms with Crippen LogP contribution in [0.5, 0.6) is 0 Å². The van der Waals surface area contributed by atoms with E-state index in [0.717, 1.165) is 25.2 Å². The van der Waals surface area contributed by atoms with E-state index in [1.165, 1.54) is 5.56 Å². The van der Waals surface area contributed by atoms with Gasteiger partial charge in [0.1, 0.15) is 0 Å². The van der Waals surface area contributed by atoms with E-state index in [1.807, 2.05) is 25.1 Å². The van der Waals surface area contributed by atoms with Crippen LogP contribution in [0.2, 0.25) is 0 Å². The molecule has 0 spiro atoms. The Labute approximate surface area is 119 Å². The fourth-order valence-corrected chi connectivity index (χ4v) is 2.90. The maximum atomic E-state index is 11.9. The molecule has 0 aliphatic carbocycles. The Kier molecular flexibility index (Phi) is 5.73. The van der Waals surface area contributed by atoms with Crippen LogP contribution in [0, 0.1) is 0 Å². The van der Waals surface area contributed by atoms with E-state index in [4.69, 9.17) is 4.74 Å². The molecule has 1 N–H and O–H groups in total. The van der Waals surface area contributed by atoms with E-state index in [9.17, 15) is 4.79 Å². The number of nitrogens with one attached hydrogen (secondary N) is 1. The molecule has 4 heteroatoms. The molecular formula is C15H21NO2S. The maximum absolute atomic E-state index is 11.9. The van der Waals surface area contributed by atoms with Gasteiger partial charge in [-0.15, -0.1) is 11.8 Å². The second kappa shape index (κ2) is 7.56. The second-order valence-corrected chi connectivity index (χ2v) is 6.15. The van der Waals surface area contributed by atoms with E-state index in [1.54, 1.807) is 11.8 Å². The molecule has 1 aliphatic rings. The lowest BCUT2D eigenvalue weighted by Crippen LogP contribution is -2.36. The van der Waals surface area contributed by atoms with Crippen LogP contribution >= 0.6 is 11.8 Å². The van der Waals surface area contributed by atoms with Gasteiger partial charge in [-0.1, -0.05) is 30.3 Å². The molecule has 0 aromatic heterocycles. The lowest BCUT2D eigenvalue weighted by Gasteiger charge is -2.14. The summed E-state index contributed by atoms with van der Waals surface area (Å²) in [6.45, 7) is 3.44. The van der Waals surface area contributed by atoms with Crippen LogP contribution < -0.4 is 5.32 Å². The minimum atomic E-state index is -0.0263. The summed E-state index contributed by atoms with van der Waals surface area (Å²) < 4.78 is 5.49. The Morgan fingerprint density at radius 1 is 1.47 bits per heavy atom. The lowest BCUT2D eigenvalue weighted by molar-refractivity contribution is -0.120. The topological polar surface area (TPSA) is 38.3 Å². The molecule has 0 bridgehead atoms. The fraction of sp³-hybridized carbons (Fsp3) is 0.533. The molecule has 1 aliphatic heterocycles. The zero-order valence-corrected chi connectivity index (χ0v) is 12.1. The summed E-state index contributed by atoms with van der Waals surface area (Å²) >= 11 is 1.67. The number of ether oxygens (including phenoxy) is 1. The minimum Gasteiger partial charge on any atom is -0.376 e. The first kappa shape index (κ1) is 14.4. The van der Waals surface area contributed by atoms with Crippen LogP contribution in [0.25, 0.3) is 0 Å². The second-order valence-electron chi connectivity index (χ2n) is 4.82. The van der Waals surface area contributed by atoms with Crippen LogP contribution in [-0.2, 0) is 15.3 Å². The van der Waals surface area contributed by atoms with Crippen molar-refractivity contribution in [3.05, 3.63) is 35.9 Å². The molecular weight excluding hydrogens is 258 g/mol. The van der Waals surface area contributed by atoms with Gasteiger partial charge in [0.15, 0.2) is 0 Å². The average Bonchev–Trinajstić information content (AvgIpc) is 2.96. The van der Waals surface area contributed by atoms with Gasteiger partial charge < -0.3 is 10.1 Å². The molecule has 19 heavy (non-hydrogen) atoms. The number of rotatable bonds is 6. The number of benzene rings is 1. The normalized spacial score (nSPS) is 20.2. The molecule has 2 rings (SSSR count). The summed E-state index contributed by atoms with van der Waals surface area (Å²) in [7, 11) is 0. The monoisotopic (exact) mass is 279 g/mol. The van der Waals surface area contributed by atoms with Gasteiger partial charge in [-0.2, -0.15) is 0 Å². The summed E-state index contributed by atoms with van der Waals surface area (Å²) in [5.74, 6) is 0.978. The van der Waals surface area contributed by atoms with Crippen molar-refractivity contribution in [2.24, 2.45) is 0 Å². The van der Waals surface area contributed by atoms with Crippen molar-refractivity contribution in [1.82, 2.24) is 5.32 Å². The molecule has 104 valence electrons. The van der Waals surface area contributed by atoms with Gasteiger partial charge in [0, 0.05) is 18.9 Å². The zero-order valence-electron chi connectivity index (χ0n) is 11.3. The summed E-state index contributed by atoms with van der Waals surface area (Å²) in [4.78, 5) is 11.9. The molecule has 0 saturated carbocycles. The molecule has 1 heterocycles. The minimum absolute atomic E-state index is 0.0263. The van der Waals surface area contributed by atoms with Crippen molar-refractivity contribution in [3.63, 3.8) is 0 Å². The molecule has 3 nitrogen and oxygen atoms in total. The quantitative estimate of drug-likeness (QED) is 0.870. The van der Waals surface area contributed by atoms with Crippen molar-refractivity contribution in [3.8, 4) is 0 Å². The Bertz CT molecular complexity index is 390. The first-order valence-electron chi connectivity index (χ1n) is 6.80. The SMILES string of the molecule is C[C@H](SCc1ccccc1)C(=O)NC[C@@H]1CCCO1. The highest BCUT2D eigenvalue weighted by Crippen LogP contribution is 2.18. The highest BCUT2D eigenvalue weighted by atomic mass is 32.2. The van der Waals surface area contributed by atoms with Crippen molar-refractivity contribution in [2.45, 2.75) is 36.9 Å². The van der Waals surface area contributed by atoms with Gasteiger partial charge >= 0.3 is 0 Å². The van der Waals surface area contributed by atoms with Gasteiger partial charge in [0.05, 0.1) is 11.4 Å². The smallest absolute Gasteiger partial charge is 0.232 e. The van der Waals surface area contributed by atoms with E-state index >= 15 is 0 Å². The molecule has 2 atom stereocenters. The third-order valence-corrected chi connectivity index (χ3v) is 4.45. The Balaban J connectivity index is 1.67. The molecule has 1 saturated heterocycles. The third-order valence-electron chi connectivity index (χ3n) is 3.24. The zero-order chi connectivity index (χ0) is 13.5. The Morgan fingerprint density at radius 3 is 2.95 bits per heavy atom. The van der Waals surface area contributed by atoms with Crippen molar-refractivity contribution < 1.29 is 9.53 Å². The standard InChI is InChI=1S/C15H21NO2S/c1-12(19-11-13-6-3-2-4-7-13)15(17)16-10-14-8-5-9-18-14/h2-4,6-7,12,14H,5,8-11H2,1H3,(H,16,17)/t12-,14-/m0/s1. The summed E-state index contributed by atoms with van der Waals surface area (Å²) in [5, 5.41) is 2.95. The molecule has 1 aromatic carbocycles. The first-order valence-corrected chi connectivity index (χ1v) is 7.85. The number of hydrogen-bond donors (Lipinski definition) is 1. The fourth-order valence-electron chi connectivity index (χ4n) is 2.03. The largest absolute Gasteiger partial charge is 0.376 e. The van der Waals surface area contributed by atoms with Gasteiger partial charge in [0.2, 0.25) is 5.91 Å². The van der Waals surface area contributed by atoms with E-state index in [0.29, 0.717) is 6.54 Å².